The Balaban J connectivity index is 1.54. The highest BCUT2D eigenvalue weighted by atomic mass is 16.7. The van der Waals surface area contributed by atoms with Crippen LogP contribution in [0, 0.1) is 0 Å². The minimum atomic E-state index is -1.24. The monoisotopic (exact) mass is 460 g/mol. The van der Waals surface area contributed by atoms with Crippen molar-refractivity contribution in [2.24, 2.45) is 0 Å². The van der Waals surface area contributed by atoms with Crippen LogP contribution >= 0.6 is 0 Å². The van der Waals surface area contributed by atoms with Crippen molar-refractivity contribution >= 4 is 35.7 Å². The van der Waals surface area contributed by atoms with E-state index in [-0.39, 0.29) is 38.5 Å². The van der Waals surface area contributed by atoms with Gasteiger partial charge in [-0.1, -0.05) is 0 Å². The number of aldehydes is 1. The third-order valence-electron chi connectivity index (χ3n) is 5.76. The van der Waals surface area contributed by atoms with Crippen LogP contribution in [0.15, 0.2) is 18.2 Å². The van der Waals surface area contributed by atoms with Crippen LogP contribution in [0.2, 0.25) is 0 Å². The molecule has 1 aromatic rings. The summed E-state index contributed by atoms with van der Waals surface area (Å²) in [6.45, 7) is 0.399. The number of nitrogens with one attached hydrogen (secondary N) is 2. The molecule has 0 aliphatic carbocycles. The van der Waals surface area contributed by atoms with Gasteiger partial charge in [-0.15, -0.1) is 0 Å². The molecule has 3 amide bonds. The van der Waals surface area contributed by atoms with E-state index in [0.29, 0.717) is 29.9 Å². The molecule has 3 heterocycles. The molecule has 176 valence electrons. The normalized spacial score (nSPS) is 22.8. The van der Waals surface area contributed by atoms with Gasteiger partial charge in [0.15, 0.2) is 11.5 Å². The molecule has 4 rings (SSSR count). The summed E-state index contributed by atoms with van der Waals surface area (Å²) < 4.78 is 10.7. The first-order valence-electron chi connectivity index (χ1n) is 10.6. The molecule has 2 saturated heterocycles. The Morgan fingerprint density at radius 3 is 2.76 bits per heavy atom. The lowest BCUT2D eigenvalue weighted by Gasteiger charge is -2.43. The van der Waals surface area contributed by atoms with Gasteiger partial charge in [-0.05, 0) is 31.4 Å². The molecule has 0 aromatic heterocycles. The SMILES string of the molecule is O=CC(CC(=O)O)NC(=O)C1CCCN2C(=O)CCC(Nc3ccc4c(c3)OCO4)C(=O)N12. The van der Waals surface area contributed by atoms with Crippen molar-refractivity contribution in [2.45, 2.75) is 50.2 Å². The van der Waals surface area contributed by atoms with E-state index in [0.717, 1.165) is 5.01 Å². The summed E-state index contributed by atoms with van der Waals surface area (Å²) in [7, 11) is 0. The van der Waals surface area contributed by atoms with Crippen molar-refractivity contribution in [3.63, 3.8) is 0 Å². The number of carbonyl (C=O) groups excluding carboxylic acids is 4. The molecule has 3 N–H and O–H groups in total. The molecule has 12 nitrogen and oxygen atoms in total. The molecular weight excluding hydrogens is 436 g/mol. The Bertz CT molecular complexity index is 983. The zero-order valence-corrected chi connectivity index (χ0v) is 17.7. The highest BCUT2D eigenvalue weighted by molar-refractivity contribution is 5.95. The van der Waals surface area contributed by atoms with Crippen molar-refractivity contribution in [3.05, 3.63) is 18.2 Å². The van der Waals surface area contributed by atoms with Crippen LogP contribution in [0.3, 0.4) is 0 Å². The zero-order valence-electron chi connectivity index (χ0n) is 17.7. The van der Waals surface area contributed by atoms with Crippen molar-refractivity contribution in [2.75, 3.05) is 18.7 Å². The lowest BCUT2D eigenvalue weighted by Crippen LogP contribution is -2.63. The van der Waals surface area contributed by atoms with Crippen LogP contribution in [-0.4, -0.2) is 76.6 Å². The van der Waals surface area contributed by atoms with Crippen molar-refractivity contribution in [1.29, 1.82) is 0 Å². The fraction of sp³-hybridized carbons (Fsp3) is 0.476. The van der Waals surface area contributed by atoms with Gasteiger partial charge < -0.3 is 30.0 Å². The van der Waals surface area contributed by atoms with Gasteiger partial charge in [0.25, 0.3) is 5.91 Å². The number of benzene rings is 1. The predicted molar refractivity (Wildman–Crippen MR) is 111 cm³/mol. The third-order valence-corrected chi connectivity index (χ3v) is 5.76. The van der Waals surface area contributed by atoms with Crippen LogP contribution in [0.25, 0.3) is 0 Å². The molecule has 12 heteroatoms. The van der Waals surface area contributed by atoms with Crippen LogP contribution in [-0.2, 0) is 24.0 Å². The molecule has 33 heavy (non-hydrogen) atoms. The second-order valence-corrected chi connectivity index (χ2v) is 8.01. The van der Waals surface area contributed by atoms with Crippen LogP contribution in [0.4, 0.5) is 5.69 Å². The molecule has 3 aliphatic rings. The number of carboxylic acids is 1. The number of fused-ring (bicyclic) bond motifs is 2. The van der Waals surface area contributed by atoms with E-state index in [4.69, 9.17) is 14.6 Å². The lowest BCUT2D eigenvalue weighted by atomic mass is 10.0. The van der Waals surface area contributed by atoms with Gasteiger partial charge >= 0.3 is 5.97 Å². The highest BCUT2D eigenvalue weighted by Gasteiger charge is 2.44. The number of hydrogen-bond acceptors (Lipinski definition) is 8. The van der Waals surface area contributed by atoms with E-state index in [1.807, 2.05) is 0 Å². The quantitative estimate of drug-likeness (QED) is 0.473. The molecule has 0 saturated carbocycles. The van der Waals surface area contributed by atoms with E-state index in [9.17, 15) is 24.0 Å². The number of carbonyl (C=O) groups is 5. The Morgan fingerprint density at radius 2 is 2.00 bits per heavy atom. The van der Waals surface area contributed by atoms with Crippen LogP contribution in [0.1, 0.15) is 32.1 Å². The number of anilines is 1. The third kappa shape index (κ3) is 4.69. The van der Waals surface area contributed by atoms with E-state index >= 15 is 0 Å². The van der Waals surface area contributed by atoms with Gasteiger partial charge in [0.1, 0.15) is 18.4 Å². The largest absolute Gasteiger partial charge is 0.481 e. The highest BCUT2D eigenvalue weighted by Crippen LogP contribution is 2.35. The number of hydrazine groups is 1. The number of ether oxygens (including phenoxy) is 2. The van der Waals surface area contributed by atoms with E-state index in [1.54, 1.807) is 18.2 Å². The van der Waals surface area contributed by atoms with Crippen molar-refractivity contribution in [1.82, 2.24) is 15.3 Å². The maximum absolute atomic E-state index is 13.5. The Morgan fingerprint density at radius 1 is 1.21 bits per heavy atom. The second-order valence-electron chi connectivity index (χ2n) is 8.01. The molecule has 0 bridgehead atoms. The van der Waals surface area contributed by atoms with Crippen LogP contribution < -0.4 is 20.1 Å². The number of rotatable bonds is 7. The van der Waals surface area contributed by atoms with Crippen molar-refractivity contribution < 1.29 is 38.6 Å². The van der Waals surface area contributed by atoms with E-state index < -0.39 is 42.3 Å². The first-order chi connectivity index (χ1) is 15.9. The number of nitrogens with zero attached hydrogens (tertiary/aromatic N) is 2. The minimum Gasteiger partial charge on any atom is -0.481 e. The fourth-order valence-electron chi connectivity index (χ4n) is 4.19. The van der Waals surface area contributed by atoms with Gasteiger partial charge in [0, 0.05) is 24.7 Å². The summed E-state index contributed by atoms with van der Waals surface area (Å²) in [5, 5.41) is 16.9. The Labute approximate surface area is 188 Å². The summed E-state index contributed by atoms with van der Waals surface area (Å²) in [4.78, 5) is 61.3. The van der Waals surface area contributed by atoms with Gasteiger partial charge in [-0.3, -0.25) is 24.2 Å². The first kappa shape index (κ1) is 22.4. The molecule has 3 atom stereocenters. The van der Waals surface area contributed by atoms with E-state index in [2.05, 4.69) is 10.6 Å². The van der Waals surface area contributed by atoms with Crippen LogP contribution in [0.5, 0.6) is 11.5 Å². The maximum Gasteiger partial charge on any atom is 0.305 e. The topological polar surface area (TPSA) is 155 Å². The number of carboxylic acid groups (broad SMARTS) is 1. The van der Waals surface area contributed by atoms with Gasteiger partial charge in [-0.25, -0.2) is 5.01 Å². The lowest BCUT2D eigenvalue weighted by molar-refractivity contribution is -0.175. The standard InChI is InChI=1S/C21H24N4O8/c26-10-13(9-19(28)29)23-20(30)15-2-1-7-24-18(27)6-4-14(21(31)25(15)24)22-12-3-5-16-17(8-12)33-11-32-16/h3,5,8,10,13-15,22H,1-2,4,6-7,9,11H2,(H,23,30)(H,28,29). The molecular formula is C21H24N4O8. The Hall–Kier alpha value is -3.83. The van der Waals surface area contributed by atoms with E-state index in [1.165, 1.54) is 5.01 Å². The van der Waals surface area contributed by atoms with Gasteiger partial charge in [0.05, 0.1) is 12.5 Å². The Kier molecular flexibility index (Phi) is 6.33. The summed E-state index contributed by atoms with van der Waals surface area (Å²) >= 11 is 0. The molecule has 3 aliphatic heterocycles. The molecule has 0 spiro atoms. The fourth-order valence-corrected chi connectivity index (χ4v) is 4.19. The predicted octanol–water partition coefficient (Wildman–Crippen LogP) is -0.117. The van der Waals surface area contributed by atoms with Crippen molar-refractivity contribution in [3.8, 4) is 11.5 Å². The first-order valence-corrected chi connectivity index (χ1v) is 10.6. The van der Waals surface area contributed by atoms with Gasteiger partial charge in [0.2, 0.25) is 18.6 Å². The smallest absolute Gasteiger partial charge is 0.305 e. The summed E-state index contributed by atoms with van der Waals surface area (Å²) in [5.41, 5.74) is 0.596. The summed E-state index contributed by atoms with van der Waals surface area (Å²) in [6.07, 6.45) is 0.854. The molecule has 0 radical (unpaired) electrons. The minimum absolute atomic E-state index is 0.106. The number of aliphatic carboxylic acids is 1. The maximum atomic E-state index is 13.5. The summed E-state index contributed by atoms with van der Waals surface area (Å²) in [6, 6.07) is 2.08. The number of amides is 3. The summed E-state index contributed by atoms with van der Waals surface area (Å²) in [5.74, 6) is -1.54. The zero-order chi connectivity index (χ0) is 23.5. The average Bonchev–Trinajstić information content (AvgIpc) is 3.23. The molecule has 1 aromatic carbocycles. The second kappa shape index (κ2) is 9.35. The van der Waals surface area contributed by atoms with Gasteiger partial charge in [-0.2, -0.15) is 0 Å². The number of hydrogen-bond donors (Lipinski definition) is 3. The molecule has 2 fully saturated rings. The molecule has 3 unspecified atom stereocenters. The average molecular weight is 460 g/mol.